The molecule has 208 valence electrons. The Morgan fingerprint density at radius 3 is 2.50 bits per heavy atom. The van der Waals surface area contributed by atoms with E-state index in [0.717, 1.165) is 48.7 Å². The molecular weight excluding hydrogens is 529 g/mol. The fourth-order valence-corrected chi connectivity index (χ4v) is 4.61. The summed E-state index contributed by atoms with van der Waals surface area (Å²) < 4.78 is 43.9. The fourth-order valence-electron chi connectivity index (χ4n) is 4.41. The average molecular weight is 559 g/mol. The normalized spacial score (nSPS) is 17.0. The zero-order valence-electron chi connectivity index (χ0n) is 20.8. The first-order valence-electron chi connectivity index (χ1n) is 12.0. The number of aliphatic hydroxyl groups excluding tert-OH is 1. The van der Waals surface area contributed by atoms with Crippen LogP contribution < -0.4 is 14.8 Å². The summed E-state index contributed by atoms with van der Waals surface area (Å²) in [6.07, 6.45) is -2.71. The quantitative estimate of drug-likeness (QED) is 0.477. The van der Waals surface area contributed by atoms with Gasteiger partial charge in [0.2, 0.25) is 5.91 Å². The summed E-state index contributed by atoms with van der Waals surface area (Å²) in [4.78, 5) is 22.8. The van der Waals surface area contributed by atoms with Gasteiger partial charge in [0.25, 0.3) is 0 Å². The lowest BCUT2D eigenvalue weighted by molar-refractivity contribution is -0.192. The van der Waals surface area contributed by atoms with Crippen LogP contribution in [0.4, 0.5) is 13.2 Å². The van der Waals surface area contributed by atoms with Crippen LogP contribution in [0.2, 0.25) is 5.02 Å². The number of hydrogen-bond acceptors (Lipinski definition) is 6. The lowest BCUT2D eigenvalue weighted by atomic mass is 9.87. The van der Waals surface area contributed by atoms with Crippen molar-refractivity contribution in [1.29, 1.82) is 0 Å². The van der Waals surface area contributed by atoms with E-state index in [1.165, 1.54) is 5.56 Å². The number of likely N-dealkylation sites (N-methyl/N-ethyl adjacent to an activating group) is 1. The largest absolute Gasteiger partial charge is 0.491 e. The first-order chi connectivity index (χ1) is 17.9. The number of rotatable bonds is 7. The number of carboxylic acids is 1. The van der Waals surface area contributed by atoms with Crippen LogP contribution in [-0.4, -0.2) is 78.2 Å². The van der Waals surface area contributed by atoms with E-state index in [9.17, 15) is 23.1 Å². The Labute approximate surface area is 223 Å². The Morgan fingerprint density at radius 1 is 1.21 bits per heavy atom. The van der Waals surface area contributed by atoms with Crippen molar-refractivity contribution in [3.8, 4) is 11.5 Å². The Morgan fingerprint density at radius 2 is 1.87 bits per heavy atom. The number of alkyl halides is 3. The molecular formula is C26H30ClF3N2O6. The molecule has 12 heteroatoms. The number of aliphatic carboxylic acids is 1. The van der Waals surface area contributed by atoms with Crippen LogP contribution in [0.1, 0.15) is 24.0 Å². The fraction of sp³-hybridized carbons (Fsp3) is 0.462. The number of piperidine rings is 1. The molecule has 0 aliphatic carbocycles. The van der Waals surface area contributed by atoms with Gasteiger partial charge >= 0.3 is 12.1 Å². The van der Waals surface area contributed by atoms with E-state index >= 15 is 0 Å². The van der Waals surface area contributed by atoms with Crippen molar-refractivity contribution in [3.05, 3.63) is 58.6 Å². The van der Waals surface area contributed by atoms with Crippen LogP contribution in [0.3, 0.4) is 0 Å². The van der Waals surface area contributed by atoms with Crippen LogP contribution in [0.5, 0.6) is 11.5 Å². The van der Waals surface area contributed by atoms with E-state index in [1.807, 2.05) is 42.5 Å². The monoisotopic (exact) mass is 558 g/mol. The van der Waals surface area contributed by atoms with E-state index in [2.05, 4.69) is 10.2 Å². The van der Waals surface area contributed by atoms with Crippen molar-refractivity contribution in [2.24, 2.45) is 0 Å². The summed E-state index contributed by atoms with van der Waals surface area (Å²) in [5.74, 6) is -1.25. The van der Waals surface area contributed by atoms with E-state index in [4.69, 9.17) is 31.0 Å². The molecule has 2 aromatic rings. The van der Waals surface area contributed by atoms with Gasteiger partial charge in [-0.1, -0.05) is 29.8 Å². The molecule has 38 heavy (non-hydrogen) atoms. The molecule has 0 unspecified atom stereocenters. The number of carbonyl (C=O) groups is 2. The summed E-state index contributed by atoms with van der Waals surface area (Å²) >= 11 is 6.12. The zero-order chi connectivity index (χ0) is 27.9. The van der Waals surface area contributed by atoms with Crippen LogP contribution in [0, 0.1) is 0 Å². The molecule has 2 aliphatic rings. The number of aliphatic hydroxyl groups is 1. The van der Waals surface area contributed by atoms with Crippen molar-refractivity contribution in [1.82, 2.24) is 10.2 Å². The number of likely N-dealkylation sites (tertiary alicyclic amines) is 1. The molecule has 0 aromatic heterocycles. The Balaban J connectivity index is 0.000000505. The van der Waals surface area contributed by atoms with E-state index < -0.39 is 18.2 Å². The molecule has 2 heterocycles. The first-order valence-corrected chi connectivity index (χ1v) is 12.4. The zero-order valence-corrected chi connectivity index (χ0v) is 21.5. The highest BCUT2D eigenvalue weighted by molar-refractivity contribution is 6.30. The maximum absolute atomic E-state index is 11.7. The number of para-hydroxylation sites is 1. The number of nitrogens with one attached hydrogen (secondary N) is 1. The average Bonchev–Trinajstić information content (AvgIpc) is 3.21. The van der Waals surface area contributed by atoms with Crippen molar-refractivity contribution >= 4 is 23.5 Å². The van der Waals surface area contributed by atoms with Gasteiger partial charge in [-0.25, -0.2) is 4.79 Å². The van der Waals surface area contributed by atoms with Crippen LogP contribution >= 0.6 is 11.6 Å². The maximum atomic E-state index is 11.7. The lowest BCUT2D eigenvalue weighted by Crippen LogP contribution is -2.49. The van der Waals surface area contributed by atoms with Crippen molar-refractivity contribution in [2.75, 3.05) is 33.3 Å². The second kappa shape index (κ2) is 12.7. The molecule has 1 spiro atoms. The summed E-state index contributed by atoms with van der Waals surface area (Å²) in [6, 6.07) is 13.3. The highest BCUT2D eigenvalue weighted by atomic mass is 35.5. The predicted octanol–water partition coefficient (Wildman–Crippen LogP) is 3.47. The smallest absolute Gasteiger partial charge is 0.490 e. The molecule has 0 saturated carbocycles. The third-order valence-electron chi connectivity index (χ3n) is 6.37. The summed E-state index contributed by atoms with van der Waals surface area (Å²) in [5.41, 5.74) is 1.85. The number of ether oxygens (including phenoxy) is 2. The molecule has 0 bridgehead atoms. The number of benzene rings is 2. The minimum atomic E-state index is -5.08. The predicted molar refractivity (Wildman–Crippen MR) is 134 cm³/mol. The minimum Gasteiger partial charge on any atom is -0.491 e. The van der Waals surface area contributed by atoms with Gasteiger partial charge in [0.1, 0.15) is 29.8 Å². The Hall–Kier alpha value is -3.02. The summed E-state index contributed by atoms with van der Waals surface area (Å²) in [6.45, 7) is 2.47. The number of β-amino-alcohol motifs (C(OH)–C–C–N with tert-alkyl or cyclic N) is 1. The van der Waals surface area contributed by atoms with E-state index in [-0.39, 0.29) is 24.5 Å². The SMILES string of the molecule is CNC(=O)Cc1ccccc1OC[C@@H](O)CN1CCC2(CC1)Cc1cc(Cl)ccc1O2.O=C(O)C(F)(F)F. The molecule has 1 fully saturated rings. The molecule has 1 amide bonds. The molecule has 3 N–H and O–H groups in total. The molecule has 4 rings (SSSR count). The molecule has 0 radical (unpaired) electrons. The Kier molecular flexibility index (Phi) is 9.86. The minimum absolute atomic E-state index is 0.0719. The number of nitrogens with zero attached hydrogens (tertiary/aromatic N) is 1. The van der Waals surface area contributed by atoms with Gasteiger partial charge in [-0.15, -0.1) is 0 Å². The van der Waals surface area contributed by atoms with Crippen LogP contribution in [-0.2, 0) is 22.4 Å². The van der Waals surface area contributed by atoms with E-state index in [0.29, 0.717) is 12.3 Å². The molecule has 8 nitrogen and oxygen atoms in total. The van der Waals surface area contributed by atoms with Gasteiger partial charge < -0.3 is 29.9 Å². The number of fused-ring (bicyclic) bond motifs is 1. The van der Waals surface area contributed by atoms with Gasteiger partial charge in [-0.05, 0) is 29.8 Å². The van der Waals surface area contributed by atoms with Gasteiger partial charge in [-0.3, -0.25) is 4.79 Å². The standard InChI is InChI=1S/C24H29ClN2O4.C2HF3O2/c1-26-23(29)13-17-4-2-3-5-21(17)30-16-20(28)15-27-10-8-24(9-11-27)14-18-12-19(25)6-7-22(18)31-24;3-2(4,5)1(6)7/h2-7,12,20,28H,8-11,13-16H2,1H3,(H,26,29);(H,6,7)/t20-;/m0./s1. The highest BCUT2D eigenvalue weighted by Crippen LogP contribution is 2.41. The molecule has 1 atom stereocenters. The number of amides is 1. The number of carboxylic acid groups (broad SMARTS) is 1. The molecule has 2 aliphatic heterocycles. The topological polar surface area (TPSA) is 108 Å². The first kappa shape index (κ1) is 29.5. The van der Waals surface area contributed by atoms with E-state index in [1.54, 1.807) is 7.05 Å². The maximum Gasteiger partial charge on any atom is 0.490 e. The molecule has 2 aromatic carbocycles. The number of halogens is 4. The van der Waals surface area contributed by atoms with Crippen LogP contribution in [0.15, 0.2) is 42.5 Å². The second-order valence-corrected chi connectivity index (χ2v) is 9.68. The number of hydrogen-bond donors (Lipinski definition) is 3. The van der Waals surface area contributed by atoms with Crippen molar-refractivity contribution in [2.45, 2.75) is 43.6 Å². The van der Waals surface area contributed by atoms with Crippen LogP contribution in [0.25, 0.3) is 0 Å². The summed E-state index contributed by atoms with van der Waals surface area (Å²) in [7, 11) is 1.61. The Bertz CT molecular complexity index is 1120. The lowest BCUT2D eigenvalue weighted by Gasteiger charge is -2.39. The van der Waals surface area contributed by atoms with Crippen molar-refractivity contribution in [3.63, 3.8) is 0 Å². The van der Waals surface area contributed by atoms with Gasteiger partial charge in [-0.2, -0.15) is 13.2 Å². The highest BCUT2D eigenvalue weighted by Gasteiger charge is 2.42. The third-order valence-corrected chi connectivity index (χ3v) is 6.61. The second-order valence-electron chi connectivity index (χ2n) is 9.24. The van der Waals surface area contributed by atoms with Gasteiger partial charge in [0.05, 0.1) is 6.42 Å². The van der Waals surface area contributed by atoms with Gasteiger partial charge in [0, 0.05) is 56.5 Å². The summed E-state index contributed by atoms with van der Waals surface area (Å²) in [5, 5.41) is 21.0. The van der Waals surface area contributed by atoms with Crippen molar-refractivity contribution < 1.29 is 42.4 Å². The van der Waals surface area contributed by atoms with Gasteiger partial charge in [0.15, 0.2) is 0 Å². The molecule has 1 saturated heterocycles. The third kappa shape index (κ3) is 8.24. The number of carbonyl (C=O) groups excluding carboxylic acids is 1.